The number of hydrogen-bond donors (Lipinski definition) is 1. The number of fused-ring (bicyclic) bond motifs is 1. The lowest BCUT2D eigenvalue weighted by Gasteiger charge is -2.11. The number of amides is 1. The van der Waals surface area contributed by atoms with Crippen LogP contribution in [0.1, 0.15) is 19.6 Å². The molecule has 6 nitrogen and oxygen atoms in total. The van der Waals surface area contributed by atoms with E-state index in [0.717, 1.165) is 16.5 Å². The highest BCUT2D eigenvalue weighted by Gasteiger charge is 2.23. The summed E-state index contributed by atoms with van der Waals surface area (Å²) >= 11 is 12.5. The van der Waals surface area contributed by atoms with E-state index in [1.807, 2.05) is 19.9 Å². The highest BCUT2D eigenvalue weighted by molar-refractivity contribution is 8.26. The van der Waals surface area contributed by atoms with E-state index >= 15 is 0 Å². The number of pyridine rings is 2. The summed E-state index contributed by atoms with van der Waals surface area (Å²) < 4.78 is 12.0. The van der Waals surface area contributed by atoms with Crippen LogP contribution in [0.5, 0.6) is 5.88 Å². The third kappa shape index (κ3) is 3.76. The smallest absolute Gasteiger partial charge is 0.263 e. The fraction of sp³-hybridized carbons (Fsp3) is 0.158. The number of thiocarbonyl (C=S) groups is 1. The normalized spacial score (nSPS) is 15.6. The maximum Gasteiger partial charge on any atom is 0.263 e. The molecule has 1 amide bonds. The topological polar surface area (TPSA) is 77.3 Å². The van der Waals surface area contributed by atoms with E-state index in [1.165, 1.54) is 11.8 Å². The van der Waals surface area contributed by atoms with Crippen molar-refractivity contribution in [3.8, 4) is 17.0 Å². The number of rotatable bonds is 4. The second kappa shape index (κ2) is 7.54. The molecule has 0 saturated carbocycles. The lowest BCUT2D eigenvalue weighted by atomic mass is 10.1. The molecular formula is C19H14ClN3O3S2. The van der Waals surface area contributed by atoms with Gasteiger partial charge in [-0.3, -0.25) is 9.78 Å². The number of carbonyl (C=O) groups is 1. The second-order valence-corrected chi connectivity index (χ2v) is 8.41. The summed E-state index contributed by atoms with van der Waals surface area (Å²) in [5, 5.41) is 3.79. The summed E-state index contributed by atoms with van der Waals surface area (Å²) in [5.41, 5.74) is 2.12. The van der Waals surface area contributed by atoms with Gasteiger partial charge in [0.05, 0.1) is 11.0 Å². The SMILES string of the molecule is CC(C)Oc1ncc(-c2cncc3cc(/C=C4\SC(=S)NC4=O)oc23)cc1Cl. The van der Waals surface area contributed by atoms with Gasteiger partial charge in [-0.15, -0.1) is 0 Å². The fourth-order valence-electron chi connectivity index (χ4n) is 2.69. The van der Waals surface area contributed by atoms with Crippen LogP contribution in [-0.4, -0.2) is 26.3 Å². The standard InChI is InChI=1S/C19H14ClN3O3S2/c1-9(2)25-18-14(20)4-10(7-22-18)13-8-21-6-11-3-12(26-16(11)13)5-15-17(24)23-19(27)28-15/h3-9H,1-2H3,(H,23,24,27)/b15-5-. The molecule has 9 heteroatoms. The van der Waals surface area contributed by atoms with Crippen LogP contribution in [0.3, 0.4) is 0 Å². The Bertz CT molecular complexity index is 1140. The van der Waals surface area contributed by atoms with Gasteiger partial charge in [0.25, 0.3) is 5.91 Å². The average molecular weight is 432 g/mol. The molecule has 0 spiro atoms. The molecule has 1 N–H and O–H groups in total. The molecule has 142 valence electrons. The lowest BCUT2D eigenvalue weighted by molar-refractivity contribution is -0.115. The van der Waals surface area contributed by atoms with Gasteiger partial charge in [-0.2, -0.15) is 0 Å². The van der Waals surface area contributed by atoms with Gasteiger partial charge in [-0.05, 0) is 26.0 Å². The minimum absolute atomic E-state index is 0.0276. The number of nitrogens with zero attached hydrogens (tertiary/aromatic N) is 2. The molecule has 1 aliphatic heterocycles. The zero-order chi connectivity index (χ0) is 19.8. The van der Waals surface area contributed by atoms with Crippen molar-refractivity contribution in [1.82, 2.24) is 15.3 Å². The molecule has 0 atom stereocenters. The predicted octanol–water partition coefficient (Wildman–Crippen LogP) is 4.82. The number of furan rings is 1. The van der Waals surface area contributed by atoms with Crippen LogP contribution in [-0.2, 0) is 4.79 Å². The summed E-state index contributed by atoms with van der Waals surface area (Å²) in [5.74, 6) is 0.682. The zero-order valence-corrected chi connectivity index (χ0v) is 17.2. The Labute approximate surface area is 175 Å². The van der Waals surface area contributed by atoms with Crippen molar-refractivity contribution in [3.63, 3.8) is 0 Å². The predicted molar refractivity (Wildman–Crippen MR) is 114 cm³/mol. The lowest BCUT2D eigenvalue weighted by Crippen LogP contribution is -2.17. The zero-order valence-electron chi connectivity index (χ0n) is 14.9. The van der Waals surface area contributed by atoms with Gasteiger partial charge in [-0.25, -0.2) is 4.98 Å². The molecule has 1 saturated heterocycles. The first kappa shape index (κ1) is 18.9. The van der Waals surface area contributed by atoms with E-state index < -0.39 is 0 Å². The van der Waals surface area contributed by atoms with Crippen molar-refractivity contribution < 1.29 is 13.9 Å². The van der Waals surface area contributed by atoms with Gasteiger partial charge < -0.3 is 14.5 Å². The monoisotopic (exact) mass is 431 g/mol. The van der Waals surface area contributed by atoms with Crippen molar-refractivity contribution in [2.24, 2.45) is 0 Å². The maximum absolute atomic E-state index is 11.9. The fourth-order valence-corrected chi connectivity index (χ4v) is 3.93. The summed E-state index contributed by atoms with van der Waals surface area (Å²) in [7, 11) is 0. The second-order valence-electron chi connectivity index (χ2n) is 6.28. The summed E-state index contributed by atoms with van der Waals surface area (Å²) in [6.07, 6.45) is 6.68. The molecule has 3 aromatic rings. The molecule has 0 aromatic carbocycles. The average Bonchev–Trinajstić information content (AvgIpc) is 3.18. The van der Waals surface area contributed by atoms with Crippen molar-refractivity contribution in [2.75, 3.05) is 0 Å². The first-order chi connectivity index (χ1) is 13.4. The van der Waals surface area contributed by atoms with Crippen LogP contribution in [0.25, 0.3) is 28.2 Å². The molecular weight excluding hydrogens is 418 g/mol. The number of hydrogen-bond acceptors (Lipinski definition) is 7. The number of halogens is 1. The minimum Gasteiger partial charge on any atom is -0.474 e. The van der Waals surface area contributed by atoms with Gasteiger partial charge in [0.15, 0.2) is 0 Å². The molecule has 1 fully saturated rings. The summed E-state index contributed by atoms with van der Waals surface area (Å²) in [4.78, 5) is 20.9. The highest BCUT2D eigenvalue weighted by atomic mass is 35.5. The Morgan fingerprint density at radius 2 is 2.14 bits per heavy atom. The quantitative estimate of drug-likeness (QED) is 0.468. The van der Waals surface area contributed by atoms with E-state index in [1.54, 1.807) is 30.7 Å². The number of ether oxygens (including phenoxy) is 1. The van der Waals surface area contributed by atoms with Crippen LogP contribution in [0.2, 0.25) is 5.02 Å². The molecule has 3 aromatic heterocycles. The van der Waals surface area contributed by atoms with Crippen LogP contribution in [0.4, 0.5) is 0 Å². The van der Waals surface area contributed by atoms with E-state index in [2.05, 4.69) is 15.3 Å². The van der Waals surface area contributed by atoms with Crippen molar-refractivity contribution in [3.05, 3.63) is 46.4 Å². The molecule has 0 unspecified atom stereocenters. The molecule has 4 rings (SSSR count). The molecule has 0 bridgehead atoms. The van der Waals surface area contributed by atoms with Crippen LogP contribution >= 0.6 is 35.6 Å². The van der Waals surface area contributed by atoms with Gasteiger partial charge in [0, 0.05) is 41.2 Å². The largest absolute Gasteiger partial charge is 0.474 e. The van der Waals surface area contributed by atoms with E-state index in [-0.39, 0.29) is 12.0 Å². The van der Waals surface area contributed by atoms with Crippen LogP contribution < -0.4 is 10.1 Å². The van der Waals surface area contributed by atoms with E-state index in [4.69, 9.17) is 33.0 Å². The summed E-state index contributed by atoms with van der Waals surface area (Å²) in [6.45, 7) is 3.82. The minimum atomic E-state index is -0.231. The number of nitrogens with one attached hydrogen (secondary N) is 1. The number of carbonyl (C=O) groups excluding carboxylic acids is 1. The number of thioether (sulfide) groups is 1. The van der Waals surface area contributed by atoms with E-state index in [0.29, 0.717) is 31.5 Å². The van der Waals surface area contributed by atoms with Crippen molar-refractivity contribution in [1.29, 1.82) is 0 Å². The summed E-state index contributed by atoms with van der Waals surface area (Å²) in [6, 6.07) is 3.58. The van der Waals surface area contributed by atoms with Crippen molar-refractivity contribution in [2.45, 2.75) is 20.0 Å². The van der Waals surface area contributed by atoms with Gasteiger partial charge in [-0.1, -0.05) is 35.6 Å². The van der Waals surface area contributed by atoms with E-state index in [9.17, 15) is 4.79 Å². The first-order valence-corrected chi connectivity index (χ1v) is 9.96. The Morgan fingerprint density at radius 1 is 1.32 bits per heavy atom. The molecule has 4 heterocycles. The number of aromatic nitrogens is 2. The Morgan fingerprint density at radius 3 is 2.82 bits per heavy atom. The molecule has 28 heavy (non-hydrogen) atoms. The van der Waals surface area contributed by atoms with Gasteiger partial charge in [0.1, 0.15) is 20.7 Å². The Balaban J connectivity index is 1.74. The third-order valence-corrected chi connectivity index (χ3v) is 5.26. The Kier molecular flexibility index (Phi) is 5.09. The van der Waals surface area contributed by atoms with Gasteiger partial charge >= 0.3 is 0 Å². The third-order valence-electron chi connectivity index (χ3n) is 3.82. The molecule has 1 aliphatic rings. The van der Waals surface area contributed by atoms with Crippen LogP contribution in [0.15, 0.2) is 40.0 Å². The van der Waals surface area contributed by atoms with Gasteiger partial charge in [0.2, 0.25) is 5.88 Å². The Hall–Kier alpha value is -2.42. The molecule has 0 aliphatic carbocycles. The molecule has 0 radical (unpaired) electrons. The highest BCUT2D eigenvalue weighted by Crippen LogP contribution is 2.35. The van der Waals surface area contributed by atoms with Crippen LogP contribution in [0, 0.1) is 0 Å². The maximum atomic E-state index is 11.9. The van der Waals surface area contributed by atoms with Crippen molar-refractivity contribution >= 4 is 62.9 Å². The first-order valence-electron chi connectivity index (χ1n) is 8.35.